The van der Waals surface area contributed by atoms with E-state index in [0.29, 0.717) is 39.2 Å². The molecule has 2 amide bonds. The van der Waals surface area contributed by atoms with Gasteiger partial charge < -0.3 is 36.1 Å². The van der Waals surface area contributed by atoms with Crippen LogP contribution in [0.2, 0.25) is 0 Å². The molecule has 0 aliphatic heterocycles. The van der Waals surface area contributed by atoms with Crippen molar-refractivity contribution in [2.45, 2.75) is 130 Å². The van der Waals surface area contributed by atoms with Crippen LogP contribution in [0.4, 0.5) is 0 Å². The summed E-state index contributed by atoms with van der Waals surface area (Å²) in [6.07, 6.45) is 4.97. The monoisotopic (exact) mass is 543 g/mol. The number of nitrogens with one attached hydrogen (secondary N) is 5. The van der Waals surface area contributed by atoms with Gasteiger partial charge in [0.05, 0.1) is 25.9 Å². The lowest BCUT2D eigenvalue weighted by atomic mass is 10.0. The third kappa shape index (κ3) is 22.7. The van der Waals surface area contributed by atoms with Crippen LogP contribution in [-0.2, 0) is 19.1 Å². The van der Waals surface area contributed by atoms with E-state index in [1.807, 2.05) is 0 Å². The Morgan fingerprint density at radius 2 is 1.16 bits per heavy atom. The smallest absolute Gasteiger partial charge is 0.242 e. The summed E-state index contributed by atoms with van der Waals surface area (Å²) in [6.45, 7) is 22.6. The van der Waals surface area contributed by atoms with Crippen molar-refractivity contribution in [1.29, 1.82) is 0 Å². The molecule has 0 bridgehead atoms. The fourth-order valence-corrected chi connectivity index (χ4v) is 3.82. The first-order valence-corrected chi connectivity index (χ1v) is 14.5. The fraction of sp³-hybridized carbons (Fsp3) is 0.931. The Morgan fingerprint density at radius 1 is 0.632 bits per heavy atom. The van der Waals surface area contributed by atoms with Gasteiger partial charge in [-0.25, -0.2) is 0 Å². The molecule has 0 heterocycles. The molecule has 0 rings (SSSR count). The van der Waals surface area contributed by atoms with Crippen molar-refractivity contribution in [2.75, 3.05) is 46.6 Å². The van der Waals surface area contributed by atoms with E-state index in [4.69, 9.17) is 9.47 Å². The second kappa shape index (κ2) is 18.9. The van der Waals surface area contributed by atoms with Crippen LogP contribution in [0, 0.1) is 0 Å². The van der Waals surface area contributed by atoms with Crippen molar-refractivity contribution in [3.8, 4) is 0 Å². The highest BCUT2D eigenvalue weighted by Gasteiger charge is 2.28. The van der Waals surface area contributed by atoms with Gasteiger partial charge in [-0.1, -0.05) is 6.42 Å². The van der Waals surface area contributed by atoms with Crippen molar-refractivity contribution in [3.63, 3.8) is 0 Å². The molecule has 0 aromatic carbocycles. The number of rotatable bonds is 20. The molecule has 0 spiro atoms. The minimum absolute atomic E-state index is 0.0576. The van der Waals surface area contributed by atoms with Crippen LogP contribution >= 0.6 is 0 Å². The zero-order valence-electron chi connectivity index (χ0n) is 26.3. The number of ether oxygens (including phenoxy) is 2. The Morgan fingerprint density at radius 3 is 1.63 bits per heavy atom. The summed E-state index contributed by atoms with van der Waals surface area (Å²) in [4.78, 5) is 26.4. The van der Waals surface area contributed by atoms with Gasteiger partial charge in [0.1, 0.15) is 6.04 Å². The second-order valence-corrected chi connectivity index (χ2v) is 13.2. The minimum atomic E-state index is -0.581. The van der Waals surface area contributed by atoms with Gasteiger partial charge in [0.2, 0.25) is 11.8 Å². The molecule has 5 N–H and O–H groups in total. The first-order valence-electron chi connectivity index (χ1n) is 14.5. The Labute approximate surface area is 233 Å². The van der Waals surface area contributed by atoms with E-state index >= 15 is 0 Å². The Balaban J connectivity index is 5.08. The maximum atomic E-state index is 13.4. The van der Waals surface area contributed by atoms with Crippen molar-refractivity contribution >= 4 is 11.8 Å². The van der Waals surface area contributed by atoms with E-state index in [1.165, 1.54) is 0 Å². The molecular weight excluding hydrogens is 482 g/mol. The zero-order chi connectivity index (χ0) is 29.2. The highest BCUT2D eigenvalue weighted by Crippen LogP contribution is 2.10. The maximum absolute atomic E-state index is 13.4. The highest BCUT2D eigenvalue weighted by atomic mass is 16.5. The summed E-state index contributed by atoms with van der Waals surface area (Å²) in [5.74, 6) is -0.283. The minimum Gasteiger partial charge on any atom is -0.382 e. The highest BCUT2D eigenvalue weighted by molar-refractivity contribution is 5.89. The van der Waals surface area contributed by atoms with Crippen LogP contribution in [0.5, 0.6) is 0 Å². The number of hydrogen-bond acceptors (Lipinski definition) is 7. The average Bonchev–Trinajstić information content (AvgIpc) is 2.76. The molecule has 38 heavy (non-hydrogen) atoms. The largest absolute Gasteiger partial charge is 0.382 e. The summed E-state index contributed by atoms with van der Waals surface area (Å²) in [5.41, 5.74) is -0.0815. The third-order valence-electron chi connectivity index (χ3n) is 5.68. The van der Waals surface area contributed by atoms with Crippen molar-refractivity contribution in [2.24, 2.45) is 0 Å². The SMILES string of the molecule is COCCOCCNC(=O)C(CCCCNC(C)(C)C)NC(=O)C(CCCCNC(C)(C)C)NC(C)(C)C. The van der Waals surface area contributed by atoms with E-state index in [0.717, 1.165) is 38.8 Å². The van der Waals surface area contributed by atoms with E-state index in [2.05, 4.69) is 88.9 Å². The number of unbranched alkanes of at least 4 members (excludes halogenated alkanes) is 2. The molecule has 9 heteroatoms. The van der Waals surface area contributed by atoms with Gasteiger partial charge >= 0.3 is 0 Å². The molecule has 0 aliphatic rings. The van der Waals surface area contributed by atoms with Crippen LogP contribution in [0.25, 0.3) is 0 Å². The van der Waals surface area contributed by atoms with Gasteiger partial charge in [0.15, 0.2) is 0 Å². The molecule has 2 unspecified atom stereocenters. The summed E-state index contributed by atoms with van der Waals surface area (Å²) in [7, 11) is 1.63. The van der Waals surface area contributed by atoms with Gasteiger partial charge in [-0.2, -0.15) is 0 Å². The van der Waals surface area contributed by atoms with Crippen LogP contribution in [0.1, 0.15) is 101 Å². The van der Waals surface area contributed by atoms with E-state index in [-0.39, 0.29) is 34.5 Å². The van der Waals surface area contributed by atoms with E-state index in [1.54, 1.807) is 7.11 Å². The summed E-state index contributed by atoms with van der Waals surface area (Å²) >= 11 is 0. The van der Waals surface area contributed by atoms with Crippen LogP contribution < -0.4 is 26.6 Å². The quantitative estimate of drug-likeness (QED) is 0.150. The molecule has 0 aromatic rings. The fourth-order valence-electron chi connectivity index (χ4n) is 3.82. The lowest BCUT2D eigenvalue weighted by Crippen LogP contribution is -2.56. The number of amides is 2. The summed E-state index contributed by atoms with van der Waals surface area (Å²) < 4.78 is 10.4. The number of hydrogen-bond donors (Lipinski definition) is 5. The van der Waals surface area contributed by atoms with E-state index < -0.39 is 6.04 Å². The number of methoxy groups -OCH3 is 1. The van der Waals surface area contributed by atoms with Crippen LogP contribution in [0.3, 0.4) is 0 Å². The van der Waals surface area contributed by atoms with Crippen LogP contribution in [0.15, 0.2) is 0 Å². The van der Waals surface area contributed by atoms with Gasteiger partial charge in [0, 0.05) is 30.3 Å². The molecule has 0 radical (unpaired) electrons. The predicted molar refractivity (Wildman–Crippen MR) is 158 cm³/mol. The van der Waals surface area contributed by atoms with Crippen molar-refractivity contribution in [3.05, 3.63) is 0 Å². The molecular formula is C29H61N5O4. The average molecular weight is 544 g/mol. The standard InChI is InChI=1S/C29H61N5O4/c1-27(2,3)31-17-13-11-15-23(25(35)30-19-20-38-22-21-37-10)33-26(36)24(34-29(7,8)9)16-12-14-18-32-28(4,5)6/h23-24,31-32,34H,11-22H2,1-10H3,(H,30,35)(H,33,36). The lowest BCUT2D eigenvalue weighted by Gasteiger charge is -2.29. The molecule has 9 nitrogen and oxygen atoms in total. The third-order valence-corrected chi connectivity index (χ3v) is 5.68. The Hall–Kier alpha value is -1.26. The lowest BCUT2D eigenvalue weighted by molar-refractivity contribution is -0.130. The van der Waals surface area contributed by atoms with Gasteiger partial charge in [-0.3, -0.25) is 9.59 Å². The predicted octanol–water partition coefficient (Wildman–Crippen LogP) is 3.12. The molecule has 0 saturated carbocycles. The molecule has 226 valence electrons. The number of carbonyl (C=O) groups excluding carboxylic acids is 2. The van der Waals surface area contributed by atoms with Crippen LogP contribution in [-0.4, -0.2) is 87.1 Å². The Bertz CT molecular complexity index is 638. The van der Waals surface area contributed by atoms with Gasteiger partial charge in [-0.05, 0) is 108 Å². The Kier molecular flexibility index (Phi) is 18.3. The zero-order valence-corrected chi connectivity index (χ0v) is 26.3. The number of carbonyl (C=O) groups is 2. The molecule has 0 saturated heterocycles. The maximum Gasteiger partial charge on any atom is 0.242 e. The summed E-state index contributed by atoms with van der Waals surface area (Å²) in [6, 6.07) is -0.942. The first kappa shape index (κ1) is 36.7. The van der Waals surface area contributed by atoms with Gasteiger partial charge in [-0.15, -0.1) is 0 Å². The molecule has 0 fully saturated rings. The van der Waals surface area contributed by atoms with Gasteiger partial charge in [0.25, 0.3) is 0 Å². The molecule has 0 aromatic heterocycles. The van der Waals surface area contributed by atoms with Crippen molar-refractivity contribution < 1.29 is 19.1 Å². The normalized spacial score (nSPS) is 14.3. The second-order valence-electron chi connectivity index (χ2n) is 13.2. The first-order chi connectivity index (χ1) is 17.5. The topological polar surface area (TPSA) is 113 Å². The van der Waals surface area contributed by atoms with Crippen molar-refractivity contribution in [1.82, 2.24) is 26.6 Å². The van der Waals surface area contributed by atoms with E-state index in [9.17, 15) is 9.59 Å². The molecule has 0 aliphatic carbocycles. The molecule has 2 atom stereocenters. The summed E-state index contributed by atoms with van der Waals surface area (Å²) in [5, 5.41) is 16.4.